The van der Waals surface area contributed by atoms with Crippen LogP contribution in [0.3, 0.4) is 0 Å². The van der Waals surface area contributed by atoms with Crippen LogP contribution in [-0.2, 0) is 6.61 Å². The van der Waals surface area contributed by atoms with Gasteiger partial charge in [-0.1, -0.05) is 30.3 Å². The molecule has 0 atom stereocenters. The minimum absolute atomic E-state index is 0. The van der Waals surface area contributed by atoms with Crippen LogP contribution >= 0.6 is 12.4 Å². The van der Waals surface area contributed by atoms with E-state index < -0.39 is 0 Å². The molecule has 1 aliphatic carbocycles. The molecule has 3 rings (SSSR count). The Kier molecular flexibility index (Phi) is 6.23. The van der Waals surface area contributed by atoms with E-state index in [1.54, 1.807) is 12.1 Å². The van der Waals surface area contributed by atoms with Gasteiger partial charge >= 0.3 is 0 Å². The summed E-state index contributed by atoms with van der Waals surface area (Å²) >= 11 is 0. The molecule has 1 saturated carbocycles. The van der Waals surface area contributed by atoms with E-state index in [1.165, 1.54) is 0 Å². The Morgan fingerprint density at radius 1 is 1.08 bits per heavy atom. The minimum atomic E-state index is -0.200. The molecule has 0 spiro atoms. The molecule has 1 amide bonds. The molecule has 1 aliphatic rings. The van der Waals surface area contributed by atoms with Crippen LogP contribution in [0.1, 0.15) is 35.2 Å². The molecule has 0 heterocycles. The van der Waals surface area contributed by atoms with Gasteiger partial charge < -0.3 is 15.8 Å². The van der Waals surface area contributed by atoms with Gasteiger partial charge in [0.15, 0.2) is 0 Å². The fourth-order valence-corrected chi connectivity index (χ4v) is 2.61. The number of carbonyl (C=O) groups is 1. The number of carbonyl (C=O) groups excluding carboxylic acids is 1. The second-order valence-corrected chi connectivity index (χ2v) is 6.20. The first-order chi connectivity index (χ1) is 11.1. The molecular formula is C19H23ClN2O2. The van der Waals surface area contributed by atoms with Crippen LogP contribution in [0.2, 0.25) is 0 Å². The molecule has 0 saturated heterocycles. The molecule has 2 aromatic rings. The fourth-order valence-electron chi connectivity index (χ4n) is 2.61. The number of rotatable bonds is 6. The maximum absolute atomic E-state index is 12.1. The van der Waals surface area contributed by atoms with Gasteiger partial charge in [0.25, 0.3) is 5.91 Å². The van der Waals surface area contributed by atoms with Crippen molar-refractivity contribution >= 4 is 18.3 Å². The first-order valence-electron chi connectivity index (χ1n) is 7.99. The van der Waals surface area contributed by atoms with Gasteiger partial charge in [0.05, 0.1) is 0 Å². The van der Waals surface area contributed by atoms with E-state index >= 15 is 0 Å². The number of hydrogen-bond acceptors (Lipinski definition) is 3. The number of benzene rings is 2. The lowest BCUT2D eigenvalue weighted by atomic mass is 9.78. The summed E-state index contributed by atoms with van der Waals surface area (Å²) in [5, 5.41) is 2.91. The number of ether oxygens (including phenoxy) is 1. The normalized spacial score (nSPS) is 14.9. The number of nitrogens with two attached hydrogens (primary N) is 1. The second kappa shape index (κ2) is 8.18. The summed E-state index contributed by atoms with van der Waals surface area (Å²) in [6.07, 6.45) is 3.12. The van der Waals surface area contributed by atoms with Crippen molar-refractivity contribution in [3.05, 3.63) is 65.7 Å². The molecule has 3 N–H and O–H groups in total. The maximum atomic E-state index is 12.1. The summed E-state index contributed by atoms with van der Waals surface area (Å²) in [7, 11) is 0. The summed E-state index contributed by atoms with van der Waals surface area (Å²) in [4.78, 5) is 12.1. The van der Waals surface area contributed by atoms with Crippen molar-refractivity contribution in [1.29, 1.82) is 0 Å². The van der Waals surface area contributed by atoms with Crippen LogP contribution < -0.4 is 15.8 Å². The third-order valence-electron chi connectivity index (χ3n) is 4.32. The highest BCUT2D eigenvalue weighted by molar-refractivity contribution is 5.94. The molecule has 0 radical (unpaired) electrons. The Morgan fingerprint density at radius 3 is 2.33 bits per heavy atom. The van der Waals surface area contributed by atoms with Crippen molar-refractivity contribution in [2.75, 3.05) is 6.54 Å². The second-order valence-electron chi connectivity index (χ2n) is 6.20. The summed E-state index contributed by atoms with van der Waals surface area (Å²) < 4.78 is 5.72. The maximum Gasteiger partial charge on any atom is 0.251 e. The smallest absolute Gasteiger partial charge is 0.251 e. The average molecular weight is 347 g/mol. The predicted octanol–water partition coefficient (Wildman–Crippen LogP) is 3.30. The van der Waals surface area contributed by atoms with Crippen molar-refractivity contribution in [3.8, 4) is 5.75 Å². The highest BCUT2D eigenvalue weighted by atomic mass is 35.5. The largest absolute Gasteiger partial charge is 0.489 e. The van der Waals surface area contributed by atoms with Crippen molar-refractivity contribution in [2.24, 2.45) is 5.73 Å². The van der Waals surface area contributed by atoms with Gasteiger partial charge in [-0.15, -0.1) is 12.4 Å². The van der Waals surface area contributed by atoms with Crippen molar-refractivity contribution in [3.63, 3.8) is 0 Å². The Morgan fingerprint density at radius 2 is 1.75 bits per heavy atom. The lowest BCUT2D eigenvalue weighted by Gasteiger charge is -2.38. The van der Waals surface area contributed by atoms with Gasteiger partial charge in [0, 0.05) is 17.6 Å². The van der Waals surface area contributed by atoms with Gasteiger partial charge in [-0.3, -0.25) is 4.79 Å². The Labute approximate surface area is 148 Å². The van der Waals surface area contributed by atoms with E-state index in [2.05, 4.69) is 5.32 Å². The molecule has 0 aromatic heterocycles. The third-order valence-corrected chi connectivity index (χ3v) is 4.32. The lowest BCUT2D eigenvalue weighted by molar-refractivity contribution is 0.0929. The molecule has 0 aliphatic heterocycles. The van der Waals surface area contributed by atoms with Gasteiger partial charge in [0.2, 0.25) is 0 Å². The fraction of sp³-hybridized carbons (Fsp3) is 0.316. The molecule has 2 aromatic carbocycles. The van der Waals surface area contributed by atoms with E-state index in [0.717, 1.165) is 30.6 Å². The van der Waals surface area contributed by atoms with Crippen LogP contribution in [-0.4, -0.2) is 18.0 Å². The van der Waals surface area contributed by atoms with Gasteiger partial charge in [0.1, 0.15) is 12.4 Å². The number of nitrogens with one attached hydrogen (secondary N) is 1. The molecule has 24 heavy (non-hydrogen) atoms. The van der Waals surface area contributed by atoms with Gasteiger partial charge in [-0.2, -0.15) is 0 Å². The number of hydrogen-bond donors (Lipinski definition) is 2. The van der Waals surface area contributed by atoms with Crippen molar-refractivity contribution in [2.45, 2.75) is 31.4 Å². The Hall–Kier alpha value is -2.04. The Balaban J connectivity index is 0.00000208. The monoisotopic (exact) mass is 346 g/mol. The first-order valence-corrected chi connectivity index (χ1v) is 7.99. The molecular weight excluding hydrogens is 324 g/mol. The zero-order chi connectivity index (χ0) is 16.1. The zero-order valence-electron chi connectivity index (χ0n) is 13.5. The third kappa shape index (κ3) is 4.73. The summed E-state index contributed by atoms with van der Waals surface area (Å²) in [5.74, 6) is 0.663. The molecule has 1 fully saturated rings. The molecule has 128 valence electrons. The lowest BCUT2D eigenvalue weighted by Crippen LogP contribution is -2.54. The Bertz CT molecular complexity index is 655. The van der Waals surface area contributed by atoms with E-state index in [9.17, 15) is 4.79 Å². The first kappa shape index (κ1) is 18.3. The van der Waals surface area contributed by atoms with E-state index in [1.807, 2.05) is 42.5 Å². The summed E-state index contributed by atoms with van der Waals surface area (Å²) in [5.41, 5.74) is 7.65. The summed E-state index contributed by atoms with van der Waals surface area (Å²) in [6.45, 7) is 1.06. The van der Waals surface area contributed by atoms with Crippen molar-refractivity contribution < 1.29 is 9.53 Å². The predicted molar refractivity (Wildman–Crippen MR) is 97.6 cm³/mol. The van der Waals surface area contributed by atoms with Crippen LogP contribution in [0, 0.1) is 0 Å². The quantitative estimate of drug-likeness (QED) is 0.843. The van der Waals surface area contributed by atoms with Crippen LogP contribution in [0.15, 0.2) is 54.6 Å². The highest BCUT2D eigenvalue weighted by Gasteiger charge is 2.32. The van der Waals surface area contributed by atoms with Gasteiger partial charge in [-0.25, -0.2) is 0 Å². The molecule has 5 heteroatoms. The highest BCUT2D eigenvalue weighted by Crippen LogP contribution is 2.28. The van der Waals surface area contributed by atoms with Crippen LogP contribution in [0.25, 0.3) is 0 Å². The van der Waals surface area contributed by atoms with Gasteiger partial charge in [-0.05, 0) is 49.1 Å². The van der Waals surface area contributed by atoms with E-state index in [-0.39, 0.29) is 23.9 Å². The van der Waals surface area contributed by atoms with Crippen LogP contribution in [0.4, 0.5) is 0 Å². The minimum Gasteiger partial charge on any atom is -0.489 e. The summed E-state index contributed by atoms with van der Waals surface area (Å²) in [6, 6.07) is 17.2. The van der Waals surface area contributed by atoms with Crippen LogP contribution in [0.5, 0.6) is 5.75 Å². The zero-order valence-corrected chi connectivity index (χ0v) is 14.4. The molecule has 0 bridgehead atoms. The van der Waals surface area contributed by atoms with E-state index in [4.69, 9.17) is 10.5 Å². The number of amides is 1. The van der Waals surface area contributed by atoms with E-state index in [0.29, 0.717) is 18.7 Å². The molecule has 0 unspecified atom stereocenters. The van der Waals surface area contributed by atoms with Crippen molar-refractivity contribution in [1.82, 2.24) is 5.32 Å². The molecule has 4 nitrogen and oxygen atoms in total. The number of halogens is 1. The standard InChI is InChI=1S/C19H22N2O2.ClH/c20-19(11-4-12-19)14-21-18(22)16-7-9-17(10-8-16)23-13-15-5-2-1-3-6-15;/h1-3,5-10H,4,11-14,20H2,(H,21,22);1H. The topological polar surface area (TPSA) is 64.3 Å². The average Bonchev–Trinajstić information content (AvgIpc) is 2.57. The SMILES string of the molecule is Cl.NC1(CNC(=O)c2ccc(OCc3ccccc3)cc2)CCC1.